The predicted octanol–water partition coefficient (Wildman–Crippen LogP) is 5.51. The molecule has 0 saturated heterocycles. The summed E-state index contributed by atoms with van der Waals surface area (Å²) in [6, 6.07) is 9.01. The minimum atomic E-state index is -0.262. The second kappa shape index (κ2) is 8.42. The Hall–Kier alpha value is -2.74. The van der Waals surface area contributed by atoms with Gasteiger partial charge in [0.1, 0.15) is 0 Å². The van der Waals surface area contributed by atoms with Crippen molar-refractivity contribution in [3.05, 3.63) is 79.3 Å². The average molecular weight is 473 g/mol. The zero-order valence-electron chi connectivity index (χ0n) is 17.0. The van der Waals surface area contributed by atoms with Crippen LogP contribution in [0, 0.1) is 13.8 Å². The van der Waals surface area contributed by atoms with E-state index in [2.05, 4.69) is 9.97 Å². The Labute approximate surface area is 192 Å². The monoisotopic (exact) mass is 472 g/mol. The fourth-order valence-corrected chi connectivity index (χ4v) is 4.83. The van der Waals surface area contributed by atoms with Crippen molar-refractivity contribution in [3.63, 3.8) is 0 Å². The normalized spacial score (nSPS) is 11.1. The molecule has 4 rings (SSSR count). The van der Waals surface area contributed by atoms with Crippen molar-refractivity contribution in [2.24, 2.45) is 0 Å². The summed E-state index contributed by atoms with van der Waals surface area (Å²) in [5, 5.41) is 3.42. The quantitative estimate of drug-likeness (QED) is 0.392. The van der Waals surface area contributed by atoms with Crippen molar-refractivity contribution < 1.29 is 4.79 Å². The second-order valence-electron chi connectivity index (χ2n) is 7.23. The van der Waals surface area contributed by atoms with Gasteiger partial charge in [0, 0.05) is 17.3 Å². The number of fused-ring (bicyclic) bond motifs is 1. The highest BCUT2D eigenvalue weighted by molar-refractivity contribution is 7.14. The molecule has 2 aromatic carbocycles. The number of benzene rings is 2. The van der Waals surface area contributed by atoms with E-state index in [1.54, 1.807) is 17.0 Å². The van der Waals surface area contributed by atoms with Crippen LogP contribution in [0.2, 0.25) is 10.0 Å². The van der Waals surface area contributed by atoms with Crippen LogP contribution in [-0.4, -0.2) is 20.4 Å². The number of anilines is 2. The number of aryl methyl sites for hydroxylation is 2. The van der Waals surface area contributed by atoms with E-state index in [0.717, 1.165) is 16.8 Å². The van der Waals surface area contributed by atoms with Crippen LogP contribution < -0.4 is 10.5 Å². The molecule has 4 aromatic rings. The highest BCUT2D eigenvalue weighted by atomic mass is 35.5. The SMILES string of the molecule is CC(=O)N(c1nc(Cn2cnc3c(Cl)cc(Cl)cc3c2=O)cs1)c1ccc(C)cc1C. The van der Waals surface area contributed by atoms with Gasteiger partial charge in [0.05, 0.1) is 40.2 Å². The first kappa shape index (κ1) is 21.5. The third-order valence-electron chi connectivity index (χ3n) is 4.82. The first-order chi connectivity index (χ1) is 14.7. The van der Waals surface area contributed by atoms with Gasteiger partial charge in [0.15, 0.2) is 5.13 Å². The summed E-state index contributed by atoms with van der Waals surface area (Å²) in [4.78, 5) is 35.8. The lowest BCUT2D eigenvalue weighted by molar-refractivity contribution is -0.115. The standard InChI is InChI=1S/C22H18Cl2N4O2S/c1-12-4-5-19(13(2)6-12)28(14(3)29)22-26-16(10-31-22)9-27-11-25-20-17(21(27)30)7-15(23)8-18(20)24/h4-8,10-11H,9H2,1-3H3. The molecule has 1 amide bonds. The van der Waals surface area contributed by atoms with E-state index >= 15 is 0 Å². The topological polar surface area (TPSA) is 68.1 Å². The summed E-state index contributed by atoms with van der Waals surface area (Å²) in [6.07, 6.45) is 1.44. The molecule has 0 saturated carbocycles. The smallest absolute Gasteiger partial charge is 0.261 e. The fraction of sp³-hybridized carbons (Fsp3) is 0.182. The Bertz CT molecular complexity index is 1380. The number of carbonyl (C=O) groups is 1. The van der Waals surface area contributed by atoms with E-state index in [1.165, 1.54) is 29.2 Å². The molecule has 0 aliphatic rings. The maximum atomic E-state index is 12.9. The first-order valence-electron chi connectivity index (χ1n) is 9.41. The molecule has 0 N–H and O–H groups in total. The van der Waals surface area contributed by atoms with Gasteiger partial charge >= 0.3 is 0 Å². The molecule has 2 heterocycles. The summed E-state index contributed by atoms with van der Waals surface area (Å²) < 4.78 is 1.45. The van der Waals surface area contributed by atoms with Gasteiger partial charge < -0.3 is 0 Å². The van der Waals surface area contributed by atoms with Gasteiger partial charge in [-0.1, -0.05) is 40.9 Å². The first-order valence-corrected chi connectivity index (χ1v) is 11.0. The van der Waals surface area contributed by atoms with E-state index in [-0.39, 0.29) is 18.0 Å². The molecule has 158 valence electrons. The molecule has 2 aromatic heterocycles. The fourth-order valence-electron chi connectivity index (χ4n) is 3.42. The highest BCUT2D eigenvalue weighted by Gasteiger charge is 2.20. The van der Waals surface area contributed by atoms with Gasteiger partial charge in [-0.05, 0) is 37.6 Å². The predicted molar refractivity (Wildman–Crippen MR) is 126 cm³/mol. The van der Waals surface area contributed by atoms with Gasteiger partial charge in [0.25, 0.3) is 5.56 Å². The van der Waals surface area contributed by atoms with Crippen LogP contribution in [0.3, 0.4) is 0 Å². The molecule has 31 heavy (non-hydrogen) atoms. The zero-order chi connectivity index (χ0) is 22.3. The number of carbonyl (C=O) groups excluding carboxylic acids is 1. The molecule has 0 atom stereocenters. The summed E-state index contributed by atoms with van der Waals surface area (Å²) in [5.74, 6) is -0.137. The minimum Gasteiger partial charge on any atom is -0.293 e. The Morgan fingerprint density at radius 1 is 1.19 bits per heavy atom. The molecule has 9 heteroatoms. The van der Waals surface area contributed by atoms with Crippen molar-refractivity contribution in [3.8, 4) is 0 Å². The third kappa shape index (κ3) is 4.21. The number of thiazole rings is 1. The maximum absolute atomic E-state index is 12.9. The van der Waals surface area contributed by atoms with Crippen LogP contribution in [0.1, 0.15) is 23.7 Å². The third-order valence-corrected chi connectivity index (χ3v) is 6.20. The van der Waals surface area contributed by atoms with E-state index < -0.39 is 0 Å². The van der Waals surface area contributed by atoms with Crippen molar-refractivity contribution >= 4 is 62.2 Å². The maximum Gasteiger partial charge on any atom is 0.261 e. The lowest BCUT2D eigenvalue weighted by Gasteiger charge is -2.20. The largest absolute Gasteiger partial charge is 0.293 e. The van der Waals surface area contributed by atoms with Crippen LogP contribution in [0.15, 0.2) is 46.8 Å². The number of nitrogens with zero attached hydrogens (tertiary/aromatic N) is 4. The highest BCUT2D eigenvalue weighted by Crippen LogP contribution is 2.32. The van der Waals surface area contributed by atoms with E-state index in [0.29, 0.717) is 31.8 Å². The number of hydrogen-bond donors (Lipinski definition) is 0. The Kier molecular flexibility index (Phi) is 5.83. The molecule has 0 bridgehead atoms. The van der Waals surface area contributed by atoms with Gasteiger partial charge in [-0.2, -0.15) is 0 Å². The summed E-state index contributed by atoms with van der Waals surface area (Å²) in [7, 11) is 0. The van der Waals surface area contributed by atoms with Gasteiger partial charge in [-0.15, -0.1) is 11.3 Å². The molecule has 0 unspecified atom stereocenters. The summed E-state index contributed by atoms with van der Waals surface area (Å²) in [6.45, 7) is 5.68. The molecule has 0 fully saturated rings. The molecule has 0 radical (unpaired) electrons. The van der Waals surface area contributed by atoms with Crippen LogP contribution in [0.5, 0.6) is 0 Å². The zero-order valence-corrected chi connectivity index (χ0v) is 19.3. The molecule has 0 aliphatic carbocycles. The molecular formula is C22H18Cl2N4O2S. The van der Waals surface area contributed by atoms with Crippen molar-refractivity contribution in [1.82, 2.24) is 14.5 Å². The van der Waals surface area contributed by atoms with Crippen LogP contribution in [0.25, 0.3) is 10.9 Å². The van der Waals surface area contributed by atoms with Crippen molar-refractivity contribution in [2.75, 3.05) is 4.90 Å². The van der Waals surface area contributed by atoms with Crippen LogP contribution in [-0.2, 0) is 11.3 Å². The van der Waals surface area contributed by atoms with Crippen molar-refractivity contribution in [2.45, 2.75) is 27.3 Å². The molecule has 0 aliphatic heterocycles. The van der Waals surface area contributed by atoms with E-state index in [4.69, 9.17) is 23.2 Å². The van der Waals surface area contributed by atoms with E-state index in [1.807, 2.05) is 37.4 Å². The van der Waals surface area contributed by atoms with Crippen LogP contribution in [0.4, 0.5) is 10.8 Å². The Balaban J connectivity index is 1.69. The number of hydrogen-bond acceptors (Lipinski definition) is 5. The van der Waals surface area contributed by atoms with Gasteiger partial charge in [0.2, 0.25) is 5.91 Å². The molecule has 0 spiro atoms. The van der Waals surface area contributed by atoms with Gasteiger partial charge in [-0.3, -0.25) is 19.1 Å². The number of rotatable bonds is 4. The molecular weight excluding hydrogens is 455 g/mol. The summed E-state index contributed by atoms with van der Waals surface area (Å²) >= 11 is 13.5. The molecule has 6 nitrogen and oxygen atoms in total. The van der Waals surface area contributed by atoms with Crippen LogP contribution >= 0.6 is 34.5 Å². The van der Waals surface area contributed by atoms with Gasteiger partial charge in [-0.25, -0.2) is 9.97 Å². The summed E-state index contributed by atoms with van der Waals surface area (Å²) in [5.41, 5.74) is 3.68. The Morgan fingerprint density at radius 2 is 1.97 bits per heavy atom. The average Bonchev–Trinajstić information content (AvgIpc) is 3.14. The van der Waals surface area contributed by atoms with Crippen molar-refractivity contribution in [1.29, 1.82) is 0 Å². The Morgan fingerprint density at radius 3 is 2.68 bits per heavy atom. The minimum absolute atomic E-state index is 0.137. The number of halogens is 2. The lowest BCUT2D eigenvalue weighted by Crippen LogP contribution is -2.24. The lowest BCUT2D eigenvalue weighted by atomic mass is 10.1. The number of aromatic nitrogens is 3. The van der Waals surface area contributed by atoms with E-state index in [9.17, 15) is 9.59 Å². The second-order valence-corrected chi connectivity index (χ2v) is 8.91. The number of amides is 1.